The van der Waals surface area contributed by atoms with E-state index < -0.39 is 22.0 Å². The normalized spacial score (nSPS) is 23.1. The fraction of sp³-hybridized carbons (Fsp3) is 0.714. The van der Waals surface area contributed by atoms with E-state index in [1.807, 2.05) is 0 Å². The third-order valence-corrected chi connectivity index (χ3v) is 5.12. The predicted octanol–water partition coefficient (Wildman–Crippen LogP) is 0.944. The summed E-state index contributed by atoms with van der Waals surface area (Å²) < 4.78 is 23.9. The average Bonchev–Trinajstić information content (AvgIpc) is 2.82. The second kappa shape index (κ2) is 6.60. The van der Waals surface area contributed by atoms with Crippen LogP contribution in [0.4, 0.5) is 0 Å². The summed E-state index contributed by atoms with van der Waals surface area (Å²) in [5.41, 5.74) is 1.35. The second-order valence-electron chi connectivity index (χ2n) is 5.66. The van der Waals surface area contributed by atoms with Crippen molar-refractivity contribution in [1.29, 1.82) is 0 Å². The Hall–Kier alpha value is -1.37. The molecule has 1 aliphatic carbocycles. The number of carbonyl (C=O) groups is 2. The lowest BCUT2D eigenvalue weighted by atomic mass is 9.97. The summed E-state index contributed by atoms with van der Waals surface area (Å²) in [7, 11) is -3.68. The summed E-state index contributed by atoms with van der Waals surface area (Å²) in [4.78, 5) is 23.7. The quantitative estimate of drug-likeness (QED) is 0.766. The zero-order valence-electron chi connectivity index (χ0n) is 12.3. The molecule has 2 amide bonds. The Morgan fingerprint density at radius 3 is 2.76 bits per heavy atom. The summed E-state index contributed by atoms with van der Waals surface area (Å²) in [6, 6.07) is -0.882. The highest BCUT2D eigenvalue weighted by atomic mass is 32.2. The molecule has 21 heavy (non-hydrogen) atoms. The van der Waals surface area contributed by atoms with E-state index in [1.54, 1.807) is 0 Å². The summed E-state index contributed by atoms with van der Waals surface area (Å²) in [5, 5.41) is 2.76. The Labute approximate surface area is 125 Å². The SMILES string of the molecule is CS(=O)(=O)N1C(=O)CCC1C(=O)NCCC1=CCCCC1. The fourth-order valence-electron chi connectivity index (χ4n) is 2.91. The van der Waals surface area contributed by atoms with Gasteiger partial charge in [-0.1, -0.05) is 11.6 Å². The number of carbonyl (C=O) groups excluding carboxylic acids is 2. The molecule has 118 valence electrons. The molecule has 0 aromatic rings. The van der Waals surface area contributed by atoms with E-state index in [-0.39, 0.29) is 18.7 Å². The number of allylic oxidation sites excluding steroid dienone is 1. The van der Waals surface area contributed by atoms with Gasteiger partial charge in [0, 0.05) is 13.0 Å². The molecule has 1 aliphatic heterocycles. The zero-order chi connectivity index (χ0) is 15.5. The van der Waals surface area contributed by atoms with Crippen molar-refractivity contribution in [2.75, 3.05) is 12.8 Å². The van der Waals surface area contributed by atoms with Crippen molar-refractivity contribution in [3.63, 3.8) is 0 Å². The second-order valence-corrected chi connectivity index (χ2v) is 7.52. The van der Waals surface area contributed by atoms with Crippen LogP contribution in [0.2, 0.25) is 0 Å². The molecular weight excluding hydrogens is 292 g/mol. The average molecular weight is 314 g/mol. The maximum absolute atomic E-state index is 12.1. The van der Waals surface area contributed by atoms with Gasteiger partial charge in [0.1, 0.15) is 6.04 Å². The van der Waals surface area contributed by atoms with E-state index in [9.17, 15) is 18.0 Å². The molecule has 1 heterocycles. The third-order valence-electron chi connectivity index (χ3n) is 3.95. The van der Waals surface area contributed by atoms with Crippen molar-refractivity contribution in [1.82, 2.24) is 9.62 Å². The largest absolute Gasteiger partial charge is 0.354 e. The van der Waals surface area contributed by atoms with E-state index in [0.717, 1.165) is 29.8 Å². The first-order valence-corrected chi connectivity index (χ1v) is 9.22. The van der Waals surface area contributed by atoms with Crippen LogP contribution in [-0.4, -0.2) is 43.4 Å². The fourth-order valence-corrected chi connectivity index (χ4v) is 4.04. The van der Waals surface area contributed by atoms with Gasteiger partial charge in [-0.05, 0) is 38.5 Å². The minimum absolute atomic E-state index is 0.107. The molecule has 1 fully saturated rings. The minimum Gasteiger partial charge on any atom is -0.354 e. The molecule has 1 atom stereocenters. The van der Waals surface area contributed by atoms with Crippen molar-refractivity contribution in [3.8, 4) is 0 Å². The Bertz CT molecular complexity index is 553. The molecule has 2 aliphatic rings. The predicted molar refractivity (Wildman–Crippen MR) is 78.9 cm³/mol. The number of sulfonamides is 1. The summed E-state index contributed by atoms with van der Waals surface area (Å²) in [6.07, 6.45) is 8.94. The number of hydrogen-bond acceptors (Lipinski definition) is 4. The van der Waals surface area contributed by atoms with Crippen LogP contribution in [-0.2, 0) is 19.6 Å². The van der Waals surface area contributed by atoms with Gasteiger partial charge in [-0.2, -0.15) is 0 Å². The van der Waals surface area contributed by atoms with Crippen LogP contribution in [0.1, 0.15) is 44.9 Å². The molecule has 0 saturated carbocycles. The van der Waals surface area contributed by atoms with Gasteiger partial charge in [0.15, 0.2) is 0 Å². The van der Waals surface area contributed by atoms with E-state index in [0.29, 0.717) is 6.54 Å². The van der Waals surface area contributed by atoms with E-state index in [4.69, 9.17) is 0 Å². The number of nitrogens with zero attached hydrogens (tertiary/aromatic N) is 1. The molecule has 0 aromatic heterocycles. The Kier molecular flexibility index (Phi) is 5.03. The number of rotatable bonds is 5. The van der Waals surface area contributed by atoms with Crippen LogP contribution < -0.4 is 5.32 Å². The maximum Gasteiger partial charge on any atom is 0.244 e. The van der Waals surface area contributed by atoms with Crippen LogP contribution >= 0.6 is 0 Å². The summed E-state index contributed by atoms with van der Waals surface area (Å²) in [6.45, 7) is 0.493. The van der Waals surface area contributed by atoms with Crippen LogP contribution in [0.3, 0.4) is 0 Å². The van der Waals surface area contributed by atoms with Crippen molar-refractivity contribution >= 4 is 21.8 Å². The van der Waals surface area contributed by atoms with Gasteiger partial charge in [-0.3, -0.25) is 9.59 Å². The highest BCUT2D eigenvalue weighted by Crippen LogP contribution is 2.22. The van der Waals surface area contributed by atoms with Gasteiger partial charge < -0.3 is 5.32 Å². The van der Waals surface area contributed by atoms with Crippen molar-refractivity contribution in [3.05, 3.63) is 11.6 Å². The van der Waals surface area contributed by atoms with Gasteiger partial charge in [0.25, 0.3) is 0 Å². The van der Waals surface area contributed by atoms with Crippen molar-refractivity contribution in [2.45, 2.75) is 51.0 Å². The molecule has 1 N–H and O–H groups in total. The molecule has 7 heteroatoms. The summed E-state index contributed by atoms with van der Waals surface area (Å²) >= 11 is 0. The summed E-state index contributed by atoms with van der Waals surface area (Å²) in [5.74, 6) is -0.865. The number of nitrogens with one attached hydrogen (secondary N) is 1. The Balaban J connectivity index is 1.88. The first kappa shape index (κ1) is 16.0. The smallest absolute Gasteiger partial charge is 0.244 e. The Morgan fingerprint density at radius 1 is 1.38 bits per heavy atom. The van der Waals surface area contributed by atoms with Crippen molar-refractivity contribution < 1.29 is 18.0 Å². The van der Waals surface area contributed by atoms with Crippen LogP contribution in [0.25, 0.3) is 0 Å². The highest BCUT2D eigenvalue weighted by Gasteiger charge is 2.41. The first-order valence-electron chi connectivity index (χ1n) is 7.37. The molecule has 0 bridgehead atoms. The number of hydrogen-bond donors (Lipinski definition) is 1. The van der Waals surface area contributed by atoms with E-state index >= 15 is 0 Å². The lowest BCUT2D eigenvalue weighted by Crippen LogP contribution is -2.47. The lowest BCUT2D eigenvalue weighted by Gasteiger charge is -2.22. The third kappa shape index (κ3) is 4.06. The van der Waals surface area contributed by atoms with Crippen LogP contribution in [0.15, 0.2) is 11.6 Å². The minimum atomic E-state index is -3.68. The molecule has 0 radical (unpaired) electrons. The van der Waals surface area contributed by atoms with Gasteiger partial charge in [-0.25, -0.2) is 12.7 Å². The zero-order valence-corrected chi connectivity index (χ0v) is 13.1. The van der Waals surface area contributed by atoms with E-state index in [2.05, 4.69) is 11.4 Å². The lowest BCUT2D eigenvalue weighted by molar-refractivity contribution is -0.130. The molecule has 1 saturated heterocycles. The van der Waals surface area contributed by atoms with E-state index in [1.165, 1.54) is 18.4 Å². The number of amides is 2. The van der Waals surface area contributed by atoms with Gasteiger partial charge in [-0.15, -0.1) is 0 Å². The molecule has 2 rings (SSSR count). The standard InChI is InChI=1S/C14H22N2O4S/c1-21(19,20)16-12(7-8-13(16)17)14(18)15-10-9-11-5-3-2-4-6-11/h5,12H,2-4,6-10H2,1H3,(H,15,18). The van der Waals surface area contributed by atoms with Crippen molar-refractivity contribution in [2.24, 2.45) is 0 Å². The monoisotopic (exact) mass is 314 g/mol. The molecule has 1 unspecified atom stereocenters. The van der Waals surface area contributed by atoms with Gasteiger partial charge >= 0.3 is 0 Å². The maximum atomic E-state index is 12.1. The molecule has 0 aromatic carbocycles. The van der Waals surface area contributed by atoms with Crippen LogP contribution in [0, 0.1) is 0 Å². The Morgan fingerprint density at radius 2 is 2.14 bits per heavy atom. The molecule has 0 spiro atoms. The van der Waals surface area contributed by atoms with Gasteiger partial charge in [0.05, 0.1) is 6.26 Å². The van der Waals surface area contributed by atoms with Gasteiger partial charge in [0.2, 0.25) is 21.8 Å². The van der Waals surface area contributed by atoms with Crippen LogP contribution in [0.5, 0.6) is 0 Å². The molecular formula is C14H22N2O4S. The topological polar surface area (TPSA) is 83.6 Å². The molecule has 6 nitrogen and oxygen atoms in total. The highest BCUT2D eigenvalue weighted by molar-refractivity contribution is 7.89. The first-order chi connectivity index (χ1) is 9.89.